The van der Waals surface area contributed by atoms with Crippen LogP contribution in [-0.4, -0.2) is 29.8 Å². The molecule has 0 radical (unpaired) electrons. The summed E-state index contributed by atoms with van der Waals surface area (Å²) in [6.45, 7) is -0.295. The average Bonchev–Trinajstić information content (AvgIpc) is 2.53. The van der Waals surface area contributed by atoms with Crippen LogP contribution in [0.4, 0.5) is 13.2 Å². The van der Waals surface area contributed by atoms with E-state index in [1.165, 1.54) is 30.3 Å². The van der Waals surface area contributed by atoms with Crippen molar-refractivity contribution >= 4 is 11.8 Å². The number of hydrogen-bond acceptors (Lipinski definition) is 4. The van der Waals surface area contributed by atoms with Crippen LogP contribution in [0.25, 0.3) is 0 Å². The predicted octanol–water partition coefficient (Wildman–Crippen LogP) is 3.47. The molecule has 0 aliphatic carbocycles. The molecule has 0 saturated heterocycles. The summed E-state index contributed by atoms with van der Waals surface area (Å²) in [7, 11) is 0. The summed E-state index contributed by atoms with van der Waals surface area (Å²) in [4.78, 5) is 22.7. The van der Waals surface area contributed by atoms with Crippen LogP contribution in [0.3, 0.4) is 0 Å². The van der Waals surface area contributed by atoms with Gasteiger partial charge in [0.15, 0.2) is 5.78 Å². The van der Waals surface area contributed by atoms with Gasteiger partial charge in [0.1, 0.15) is 18.1 Å². The van der Waals surface area contributed by atoms with E-state index >= 15 is 0 Å². The molecule has 5 nitrogen and oxygen atoms in total. The molecule has 0 unspecified atom stereocenters. The van der Waals surface area contributed by atoms with E-state index in [2.05, 4.69) is 4.74 Å². The fourth-order valence-electron chi connectivity index (χ4n) is 1.99. The molecule has 0 aliphatic rings. The molecule has 0 heterocycles. The Balaban J connectivity index is 1.87. The molecule has 25 heavy (non-hydrogen) atoms. The Hall–Kier alpha value is -3.03. The third kappa shape index (κ3) is 6.17. The molecule has 0 fully saturated rings. The molecule has 0 amide bonds. The zero-order valence-electron chi connectivity index (χ0n) is 12.7. The summed E-state index contributed by atoms with van der Waals surface area (Å²) >= 11 is 0. The Labute approximate surface area is 140 Å². The van der Waals surface area contributed by atoms with Gasteiger partial charge in [0.25, 0.3) is 0 Å². The Morgan fingerprint density at radius 1 is 1.00 bits per heavy atom. The molecule has 0 atom stereocenters. The fourth-order valence-corrected chi connectivity index (χ4v) is 1.99. The van der Waals surface area contributed by atoms with Crippen molar-refractivity contribution in [1.82, 2.24) is 0 Å². The van der Waals surface area contributed by atoms with Gasteiger partial charge in [-0.2, -0.15) is 0 Å². The van der Waals surface area contributed by atoms with E-state index < -0.39 is 18.1 Å². The number of Topliss-reactive ketones (excluding diaryl/α,β-unsaturated/α-hetero) is 1. The van der Waals surface area contributed by atoms with Crippen molar-refractivity contribution < 1.29 is 37.3 Å². The largest absolute Gasteiger partial charge is 0.573 e. The number of benzene rings is 2. The molecule has 0 bridgehead atoms. The van der Waals surface area contributed by atoms with Crippen LogP contribution in [0, 0.1) is 0 Å². The first kappa shape index (κ1) is 18.3. The third-order valence-corrected chi connectivity index (χ3v) is 3.03. The quantitative estimate of drug-likeness (QED) is 0.824. The van der Waals surface area contributed by atoms with Gasteiger partial charge in [0, 0.05) is 6.42 Å². The first-order chi connectivity index (χ1) is 11.7. The van der Waals surface area contributed by atoms with Crippen molar-refractivity contribution in [1.29, 1.82) is 0 Å². The fraction of sp³-hybridized carbons (Fsp3) is 0.176. The van der Waals surface area contributed by atoms with Crippen LogP contribution in [0.15, 0.2) is 48.5 Å². The smallest absolute Gasteiger partial charge is 0.486 e. The van der Waals surface area contributed by atoms with Gasteiger partial charge in [-0.3, -0.25) is 4.79 Å². The lowest BCUT2D eigenvalue weighted by Gasteiger charge is -2.10. The first-order valence-electron chi connectivity index (χ1n) is 7.05. The molecule has 0 spiro atoms. The summed E-state index contributed by atoms with van der Waals surface area (Å²) in [6, 6.07) is 10.6. The maximum absolute atomic E-state index is 12.0. The number of alkyl halides is 3. The van der Waals surface area contributed by atoms with Gasteiger partial charge in [-0.1, -0.05) is 12.1 Å². The number of ether oxygens (including phenoxy) is 2. The van der Waals surface area contributed by atoms with E-state index in [0.29, 0.717) is 5.56 Å². The number of halogens is 3. The monoisotopic (exact) mass is 354 g/mol. The Bertz CT molecular complexity index is 754. The van der Waals surface area contributed by atoms with Gasteiger partial charge in [-0.15, -0.1) is 13.2 Å². The molecular weight excluding hydrogens is 341 g/mol. The molecular formula is C17H13F3O5. The molecule has 0 aromatic heterocycles. The van der Waals surface area contributed by atoms with Gasteiger partial charge in [-0.05, 0) is 42.0 Å². The molecule has 1 N–H and O–H groups in total. The Morgan fingerprint density at radius 3 is 2.24 bits per heavy atom. The number of rotatable bonds is 7. The van der Waals surface area contributed by atoms with Crippen molar-refractivity contribution in [3.8, 4) is 11.5 Å². The minimum Gasteiger partial charge on any atom is -0.486 e. The summed E-state index contributed by atoms with van der Waals surface area (Å²) in [5.74, 6) is -1.58. The number of carbonyl (C=O) groups is 2. The van der Waals surface area contributed by atoms with Gasteiger partial charge < -0.3 is 14.6 Å². The van der Waals surface area contributed by atoms with E-state index in [1.807, 2.05) is 0 Å². The number of carbonyl (C=O) groups excluding carboxylic acids is 1. The molecule has 0 saturated carbocycles. The highest BCUT2D eigenvalue weighted by Gasteiger charge is 2.30. The predicted molar refractivity (Wildman–Crippen MR) is 80.7 cm³/mol. The van der Waals surface area contributed by atoms with Crippen LogP contribution in [0.5, 0.6) is 11.5 Å². The van der Waals surface area contributed by atoms with Crippen LogP contribution in [0.1, 0.15) is 15.9 Å². The van der Waals surface area contributed by atoms with E-state index in [1.54, 1.807) is 6.07 Å². The topological polar surface area (TPSA) is 72.8 Å². The summed E-state index contributed by atoms with van der Waals surface area (Å²) in [5.41, 5.74) is 0.605. The highest BCUT2D eigenvalue weighted by Crippen LogP contribution is 2.24. The number of aromatic carboxylic acids is 1. The number of carboxylic acids is 1. The number of carboxylic acid groups (broad SMARTS) is 1. The molecule has 2 rings (SSSR count). The van der Waals surface area contributed by atoms with Crippen molar-refractivity contribution in [2.45, 2.75) is 12.8 Å². The van der Waals surface area contributed by atoms with Crippen LogP contribution >= 0.6 is 0 Å². The van der Waals surface area contributed by atoms with E-state index in [-0.39, 0.29) is 30.1 Å². The first-order valence-corrected chi connectivity index (χ1v) is 7.05. The van der Waals surface area contributed by atoms with Gasteiger partial charge >= 0.3 is 12.3 Å². The second-order valence-electron chi connectivity index (χ2n) is 5.03. The maximum Gasteiger partial charge on any atom is 0.573 e. The standard InChI is InChI=1S/C17H13F3O5/c18-17(19,20)25-15-6-4-14(5-7-15)24-10-13(21)9-11-2-1-3-12(8-11)16(22)23/h1-8H,9-10H2,(H,22,23). The number of ketones is 1. The second kappa shape index (κ2) is 7.69. The molecule has 8 heteroatoms. The molecule has 2 aromatic carbocycles. The highest BCUT2D eigenvalue weighted by atomic mass is 19.4. The van der Waals surface area contributed by atoms with E-state index in [0.717, 1.165) is 12.1 Å². The van der Waals surface area contributed by atoms with Crippen molar-refractivity contribution in [2.75, 3.05) is 6.61 Å². The molecule has 2 aromatic rings. The van der Waals surface area contributed by atoms with Crippen molar-refractivity contribution in [3.63, 3.8) is 0 Å². The zero-order valence-corrected chi connectivity index (χ0v) is 12.7. The van der Waals surface area contributed by atoms with Gasteiger partial charge in [0.05, 0.1) is 5.56 Å². The van der Waals surface area contributed by atoms with E-state index in [9.17, 15) is 22.8 Å². The summed E-state index contributed by atoms with van der Waals surface area (Å²) in [5, 5.41) is 8.90. The SMILES string of the molecule is O=C(COc1ccc(OC(F)(F)F)cc1)Cc1cccc(C(=O)O)c1. The zero-order chi connectivity index (χ0) is 18.4. The van der Waals surface area contributed by atoms with Crippen molar-refractivity contribution in [3.05, 3.63) is 59.7 Å². The van der Waals surface area contributed by atoms with Crippen LogP contribution < -0.4 is 9.47 Å². The lowest BCUT2D eigenvalue weighted by molar-refractivity contribution is -0.274. The number of hydrogen-bond donors (Lipinski definition) is 1. The summed E-state index contributed by atoms with van der Waals surface area (Å²) < 4.78 is 45.1. The van der Waals surface area contributed by atoms with Gasteiger partial charge in [-0.25, -0.2) is 4.79 Å². The Kier molecular flexibility index (Phi) is 5.63. The molecule has 132 valence electrons. The van der Waals surface area contributed by atoms with Gasteiger partial charge in [0.2, 0.25) is 0 Å². The van der Waals surface area contributed by atoms with Crippen molar-refractivity contribution in [2.24, 2.45) is 0 Å². The normalized spacial score (nSPS) is 11.0. The van der Waals surface area contributed by atoms with Crippen LogP contribution in [0.2, 0.25) is 0 Å². The summed E-state index contributed by atoms with van der Waals surface area (Å²) in [6.07, 6.45) is -4.79. The minimum atomic E-state index is -4.77. The highest BCUT2D eigenvalue weighted by molar-refractivity contribution is 5.88. The van der Waals surface area contributed by atoms with E-state index in [4.69, 9.17) is 9.84 Å². The second-order valence-corrected chi connectivity index (χ2v) is 5.03. The van der Waals surface area contributed by atoms with Crippen LogP contribution in [-0.2, 0) is 11.2 Å². The maximum atomic E-state index is 12.0. The molecule has 0 aliphatic heterocycles. The average molecular weight is 354 g/mol. The minimum absolute atomic E-state index is 0.0175. The third-order valence-electron chi connectivity index (χ3n) is 3.03. The lowest BCUT2D eigenvalue weighted by Crippen LogP contribution is -2.17. The Morgan fingerprint density at radius 2 is 1.64 bits per heavy atom. The lowest BCUT2D eigenvalue weighted by atomic mass is 10.1.